The van der Waals surface area contributed by atoms with E-state index in [-0.39, 0.29) is 12.9 Å². The molecule has 0 radical (unpaired) electrons. The molecule has 0 saturated carbocycles. The molecule has 1 N–H and O–H groups in total. The summed E-state index contributed by atoms with van der Waals surface area (Å²) < 4.78 is 11.2. The smallest absolute Gasteiger partial charge is 0.157 e. The first kappa shape index (κ1) is 12.6. The molecular weight excluding hydrogens is 216 g/mol. The molecule has 3 heteroatoms. The van der Waals surface area contributed by atoms with E-state index in [0.29, 0.717) is 6.61 Å². The summed E-state index contributed by atoms with van der Waals surface area (Å²) >= 11 is 0. The van der Waals surface area contributed by atoms with Crippen LogP contribution < -0.4 is 0 Å². The predicted molar refractivity (Wildman–Crippen MR) is 65.6 cm³/mol. The molecule has 17 heavy (non-hydrogen) atoms. The third-order valence-electron chi connectivity index (χ3n) is 3.01. The number of aliphatic hydroxyl groups is 1. The summed E-state index contributed by atoms with van der Waals surface area (Å²) in [6.07, 6.45) is 4.22. The Labute approximate surface area is 102 Å². The summed E-state index contributed by atoms with van der Waals surface area (Å²) in [4.78, 5) is 0. The highest BCUT2D eigenvalue weighted by Crippen LogP contribution is 2.14. The van der Waals surface area contributed by atoms with Gasteiger partial charge in [-0.15, -0.1) is 0 Å². The first-order chi connectivity index (χ1) is 8.38. The quantitative estimate of drug-likeness (QED) is 0.852. The number of benzene rings is 1. The molecular formula is C14H20O3. The highest BCUT2D eigenvalue weighted by Gasteiger charge is 2.13. The van der Waals surface area contributed by atoms with E-state index in [9.17, 15) is 0 Å². The van der Waals surface area contributed by atoms with Crippen LogP contribution in [0, 0.1) is 0 Å². The second-order valence-corrected chi connectivity index (χ2v) is 4.39. The van der Waals surface area contributed by atoms with Crippen LogP contribution in [0.4, 0.5) is 0 Å². The molecule has 1 saturated heterocycles. The molecule has 3 nitrogen and oxygen atoms in total. The van der Waals surface area contributed by atoms with E-state index in [1.807, 2.05) is 18.2 Å². The Bertz CT molecular complexity index is 332. The number of hydrogen-bond donors (Lipinski definition) is 1. The van der Waals surface area contributed by atoms with Crippen LogP contribution in [0.2, 0.25) is 0 Å². The zero-order chi connectivity index (χ0) is 11.9. The van der Waals surface area contributed by atoms with Crippen LogP contribution in [-0.2, 0) is 22.5 Å². The van der Waals surface area contributed by atoms with Gasteiger partial charge in [-0.2, -0.15) is 0 Å². The summed E-state index contributed by atoms with van der Waals surface area (Å²) in [5.41, 5.74) is 2.16. The summed E-state index contributed by atoms with van der Waals surface area (Å²) in [5, 5.41) is 9.04. The molecule has 0 bridgehead atoms. The average molecular weight is 236 g/mol. The number of aliphatic hydroxyl groups excluding tert-OH is 1. The minimum absolute atomic E-state index is 0.00947. The van der Waals surface area contributed by atoms with Crippen molar-refractivity contribution in [1.29, 1.82) is 0 Å². The van der Waals surface area contributed by atoms with Gasteiger partial charge in [0, 0.05) is 6.61 Å². The van der Waals surface area contributed by atoms with E-state index in [1.165, 1.54) is 12.0 Å². The SMILES string of the molecule is OCc1cccc(CCO[C@@H]2CCCCO2)c1. The third-order valence-corrected chi connectivity index (χ3v) is 3.01. The molecule has 1 aromatic carbocycles. The van der Waals surface area contributed by atoms with E-state index in [0.717, 1.165) is 31.4 Å². The third kappa shape index (κ3) is 4.11. The van der Waals surface area contributed by atoms with Crippen molar-refractivity contribution in [2.24, 2.45) is 0 Å². The van der Waals surface area contributed by atoms with Gasteiger partial charge < -0.3 is 14.6 Å². The maximum atomic E-state index is 9.04. The molecule has 1 aromatic rings. The van der Waals surface area contributed by atoms with Crippen LogP contribution in [0.5, 0.6) is 0 Å². The Hall–Kier alpha value is -0.900. The molecule has 0 aliphatic carbocycles. The lowest BCUT2D eigenvalue weighted by Gasteiger charge is -2.22. The van der Waals surface area contributed by atoms with Crippen LogP contribution in [0.25, 0.3) is 0 Å². The second-order valence-electron chi connectivity index (χ2n) is 4.39. The van der Waals surface area contributed by atoms with E-state index in [4.69, 9.17) is 14.6 Å². The van der Waals surface area contributed by atoms with Gasteiger partial charge >= 0.3 is 0 Å². The molecule has 94 valence electrons. The van der Waals surface area contributed by atoms with Crippen molar-refractivity contribution in [3.63, 3.8) is 0 Å². The molecule has 0 unspecified atom stereocenters. The van der Waals surface area contributed by atoms with Crippen molar-refractivity contribution in [2.45, 2.75) is 38.6 Å². The maximum Gasteiger partial charge on any atom is 0.157 e. The standard InChI is InChI=1S/C14H20O3/c15-11-13-5-3-4-12(10-13)7-9-17-14-6-1-2-8-16-14/h3-5,10,14-15H,1-2,6-9,11H2/t14-/m1/s1. The molecule has 0 amide bonds. The lowest BCUT2D eigenvalue weighted by Crippen LogP contribution is -2.23. The van der Waals surface area contributed by atoms with E-state index in [1.54, 1.807) is 0 Å². The zero-order valence-electron chi connectivity index (χ0n) is 10.1. The molecule has 0 spiro atoms. The number of ether oxygens (including phenoxy) is 2. The van der Waals surface area contributed by atoms with Gasteiger partial charge in [-0.25, -0.2) is 0 Å². The van der Waals surface area contributed by atoms with Crippen molar-refractivity contribution in [1.82, 2.24) is 0 Å². The topological polar surface area (TPSA) is 38.7 Å². The first-order valence-corrected chi connectivity index (χ1v) is 6.30. The van der Waals surface area contributed by atoms with Gasteiger partial charge in [0.1, 0.15) is 0 Å². The predicted octanol–water partition coefficient (Wildman–Crippen LogP) is 2.26. The fourth-order valence-electron chi connectivity index (χ4n) is 2.03. The van der Waals surface area contributed by atoms with Gasteiger partial charge in [-0.3, -0.25) is 0 Å². The van der Waals surface area contributed by atoms with E-state index >= 15 is 0 Å². The molecule has 1 heterocycles. The van der Waals surface area contributed by atoms with Crippen molar-refractivity contribution < 1.29 is 14.6 Å². The summed E-state index contributed by atoms with van der Waals surface area (Å²) in [6, 6.07) is 7.97. The monoisotopic (exact) mass is 236 g/mol. The van der Waals surface area contributed by atoms with Gasteiger partial charge in [0.15, 0.2) is 6.29 Å². The molecule has 1 fully saturated rings. The molecule has 2 rings (SSSR count). The fourth-order valence-corrected chi connectivity index (χ4v) is 2.03. The first-order valence-electron chi connectivity index (χ1n) is 6.30. The van der Waals surface area contributed by atoms with E-state index < -0.39 is 0 Å². The summed E-state index contributed by atoms with van der Waals surface area (Å²) in [7, 11) is 0. The van der Waals surface area contributed by atoms with Crippen LogP contribution >= 0.6 is 0 Å². The minimum atomic E-state index is -0.00947. The van der Waals surface area contributed by atoms with Crippen LogP contribution in [-0.4, -0.2) is 24.6 Å². The van der Waals surface area contributed by atoms with Crippen molar-refractivity contribution in [2.75, 3.05) is 13.2 Å². The maximum absolute atomic E-state index is 9.04. The number of hydrogen-bond acceptors (Lipinski definition) is 3. The lowest BCUT2D eigenvalue weighted by atomic mass is 10.1. The minimum Gasteiger partial charge on any atom is -0.392 e. The second kappa shape index (κ2) is 6.74. The van der Waals surface area contributed by atoms with Crippen LogP contribution in [0.3, 0.4) is 0 Å². The van der Waals surface area contributed by atoms with Gasteiger partial charge in [-0.1, -0.05) is 24.3 Å². The summed E-state index contributed by atoms with van der Waals surface area (Å²) in [5.74, 6) is 0. The largest absolute Gasteiger partial charge is 0.392 e. The Balaban J connectivity index is 1.73. The van der Waals surface area contributed by atoms with Gasteiger partial charge in [-0.05, 0) is 36.8 Å². The van der Waals surface area contributed by atoms with Crippen molar-refractivity contribution in [3.05, 3.63) is 35.4 Å². The van der Waals surface area contributed by atoms with Gasteiger partial charge in [0.05, 0.1) is 13.2 Å². The Kier molecular flexibility index (Phi) is 4.98. The molecule has 0 aromatic heterocycles. The molecule has 1 aliphatic rings. The lowest BCUT2D eigenvalue weighted by molar-refractivity contribution is -0.161. The van der Waals surface area contributed by atoms with Crippen LogP contribution in [0.1, 0.15) is 30.4 Å². The zero-order valence-corrected chi connectivity index (χ0v) is 10.1. The Morgan fingerprint density at radius 1 is 1.29 bits per heavy atom. The fraction of sp³-hybridized carbons (Fsp3) is 0.571. The number of rotatable bonds is 5. The molecule has 1 atom stereocenters. The highest BCUT2D eigenvalue weighted by atomic mass is 16.7. The van der Waals surface area contributed by atoms with E-state index in [2.05, 4.69) is 6.07 Å². The average Bonchev–Trinajstić information content (AvgIpc) is 2.40. The highest BCUT2D eigenvalue weighted by molar-refractivity contribution is 5.22. The van der Waals surface area contributed by atoms with Crippen LogP contribution in [0.15, 0.2) is 24.3 Å². The molecule has 1 aliphatic heterocycles. The van der Waals surface area contributed by atoms with Crippen molar-refractivity contribution >= 4 is 0 Å². The van der Waals surface area contributed by atoms with Crippen molar-refractivity contribution in [3.8, 4) is 0 Å². The Morgan fingerprint density at radius 2 is 2.18 bits per heavy atom. The normalized spacial score (nSPS) is 20.4. The summed E-state index contributed by atoms with van der Waals surface area (Å²) in [6.45, 7) is 1.60. The van der Waals surface area contributed by atoms with Gasteiger partial charge in [0.25, 0.3) is 0 Å². The Morgan fingerprint density at radius 3 is 2.94 bits per heavy atom. The van der Waals surface area contributed by atoms with Gasteiger partial charge in [0.2, 0.25) is 0 Å².